The first kappa shape index (κ1) is 21.8. The van der Waals surface area contributed by atoms with Crippen molar-refractivity contribution in [2.45, 2.75) is 39.2 Å². The van der Waals surface area contributed by atoms with Crippen molar-refractivity contribution in [1.29, 1.82) is 0 Å². The second kappa shape index (κ2) is 8.87. The molecular weight excluding hydrogens is 402 g/mol. The van der Waals surface area contributed by atoms with Crippen LogP contribution in [-0.4, -0.2) is 39.1 Å². The number of carbonyl (C=O) groups excluding carboxylic acids is 2. The molecule has 0 radical (unpaired) electrons. The van der Waals surface area contributed by atoms with Crippen molar-refractivity contribution in [2.24, 2.45) is 0 Å². The molecule has 2 aromatic carbocycles. The molecule has 1 aliphatic heterocycles. The van der Waals surface area contributed by atoms with Crippen molar-refractivity contribution >= 4 is 38.9 Å². The van der Waals surface area contributed by atoms with E-state index in [1.165, 1.54) is 4.31 Å². The lowest BCUT2D eigenvalue weighted by Crippen LogP contribution is -2.47. The lowest BCUT2D eigenvalue weighted by atomic mass is 10.1. The Labute approximate surface area is 177 Å². The number of amides is 2. The van der Waals surface area contributed by atoms with Gasteiger partial charge in [-0.05, 0) is 56.2 Å². The van der Waals surface area contributed by atoms with Gasteiger partial charge in [0.2, 0.25) is 21.8 Å². The highest BCUT2D eigenvalue weighted by atomic mass is 32.2. The molecule has 1 heterocycles. The molecule has 160 valence electrons. The summed E-state index contributed by atoms with van der Waals surface area (Å²) in [6.45, 7) is 4.39. The van der Waals surface area contributed by atoms with Crippen LogP contribution in [0.2, 0.25) is 0 Å². The van der Waals surface area contributed by atoms with Gasteiger partial charge in [0.1, 0.15) is 6.04 Å². The molecule has 30 heavy (non-hydrogen) atoms. The van der Waals surface area contributed by atoms with Gasteiger partial charge < -0.3 is 10.2 Å². The first-order chi connectivity index (χ1) is 14.2. The minimum atomic E-state index is -3.68. The first-order valence-electron chi connectivity index (χ1n) is 9.98. The fourth-order valence-corrected chi connectivity index (χ4v) is 4.84. The number of hydrogen-bond donors (Lipinski definition) is 1. The highest BCUT2D eigenvalue weighted by Crippen LogP contribution is 2.25. The predicted octanol–water partition coefficient (Wildman–Crippen LogP) is 3.31. The smallest absolute Gasteiger partial charge is 0.248 e. The van der Waals surface area contributed by atoms with Crippen LogP contribution in [0.4, 0.5) is 17.1 Å². The van der Waals surface area contributed by atoms with Gasteiger partial charge >= 0.3 is 0 Å². The zero-order valence-electron chi connectivity index (χ0n) is 17.5. The third kappa shape index (κ3) is 4.81. The van der Waals surface area contributed by atoms with Crippen LogP contribution in [0.1, 0.15) is 31.7 Å². The maximum Gasteiger partial charge on any atom is 0.248 e. The topological polar surface area (TPSA) is 86.8 Å². The van der Waals surface area contributed by atoms with E-state index < -0.39 is 22.0 Å². The maximum atomic E-state index is 13.0. The number of aryl methyl sites for hydroxylation is 1. The molecule has 1 fully saturated rings. The minimum absolute atomic E-state index is 0.0970. The summed E-state index contributed by atoms with van der Waals surface area (Å²) in [7, 11) is -3.68. The van der Waals surface area contributed by atoms with E-state index in [0.29, 0.717) is 30.8 Å². The van der Waals surface area contributed by atoms with Gasteiger partial charge in [-0.1, -0.05) is 24.6 Å². The van der Waals surface area contributed by atoms with Gasteiger partial charge in [-0.25, -0.2) is 8.42 Å². The van der Waals surface area contributed by atoms with Gasteiger partial charge in [0.15, 0.2) is 0 Å². The van der Waals surface area contributed by atoms with Crippen LogP contribution in [0.5, 0.6) is 0 Å². The molecule has 3 rings (SSSR count). The summed E-state index contributed by atoms with van der Waals surface area (Å²) in [5.41, 5.74) is 2.79. The van der Waals surface area contributed by atoms with E-state index in [4.69, 9.17) is 0 Å². The standard InChI is InChI=1S/C22H27N3O4S/c1-4-20(25(30(3,28)29)19-11-7-16(2)8-12-19)22(27)23-17-9-13-18(14-10-17)24-15-5-6-21(24)26/h7-14,20H,4-6,15H2,1-3H3,(H,23,27)/t20-/m0/s1. The average Bonchev–Trinajstić information content (AvgIpc) is 3.12. The van der Waals surface area contributed by atoms with Crippen molar-refractivity contribution in [3.05, 3.63) is 54.1 Å². The molecule has 0 bridgehead atoms. The molecule has 8 heteroatoms. The maximum absolute atomic E-state index is 13.0. The largest absolute Gasteiger partial charge is 0.324 e. The molecule has 2 amide bonds. The molecule has 0 unspecified atom stereocenters. The monoisotopic (exact) mass is 429 g/mol. The SMILES string of the molecule is CC[C@@H](C(=O)Nc1ccc(N2CCCC2=O)cc1)N(c1ccc(C)cc1)S(C)(=O)=O. The molecule has 1 saturated heterocycles. The summed E-state index contributed by atoms with van der Waals surface area (Å²) >= 11 is 0. The molecule has 1 aliphatic rings. The molecule has 7 nitrogen and oxygen atoms in total. The second-order valence-corrected chi connectivity index (χ2v) is 9.36. The molecular formula is C22H27N3O4S. The number of rotatable bonds is 7. The quantitative estimate of drug-likeness (QED) is 0.732. The fourth-order valence-electron chi connectivity index (χ4n) is 3.62. The van der Waals surface area contributed by atoms with E-state index in [1.807, 2.05) is 19.1 Å². The highest BCUT2D eigenvalue weighted by molar-refractivity contribution is 7.92. The molecule has 0 aromatic heterocycles. The van der Waals surface area contributed by atoms with Crippen LogP contribution in [0.3, 0.4) is 0 Å². The first-order valence-corrected chi connectivity index (χ1v) is 11.8. The lowest BCUT2D eigenvalue weighted by Gasteiger charge is -2.30. The third-order valence-electron chi connectivity index (χ3n) is 5.14. The number of benzene rings is 2. The zero-order chi connectivity index (χ0) is 21.9. The number of sulfonamides is 1. The normalized spacial score (nSPS) is 15.2. The van der Waals surface area contributed by atoms with Crippen LogP contribution in [0, 0.1) is 6.92 Å². The van der Waals surface area contributed by atoms with Crippen LogP contribution < -0.4 is 14.5 Å². The fraction of sp³-hybridized carbons (Fsp3) is 0.364. The lowest BCUT2D eigenvalue weighted by molar-refractivity contribution is -0.118. The molecule has 0 saturated carbocycles. The molecule has 0 aliphatic carbocycles. The van der Waals surface area contributed by atoms with Gasteiger partial charge in [-0.3, -0.25) is 13.9 Å². The van der Waals surface area contributed by atoms with E-state index in [0.717, 1.165) is 23.9 Å². The molecule has 0 spiro atoms. The Morgan fingerprint density at radius 2 is 1.77 bits per heavy atom. The average molecular weight is 430 g/mol. The van der Waals surface area contributed by atoms with Crippen molar-refractivity contribution < 1.29 is 18.0 Å². The summed E-state index contributed by atoms with van der Waals surface area (Å²) in [4.78, 5) is 26.6. The third-order valence-corrected chi connectivity index (χ3v) is 6.32. The van der Waals surface area contributed by atoms with Gasteiger partial charge in [-0.2, -0.15) is 0 Å². The summed E-state index contributed by atoms with van der Waals surface area (Å²) in [6.07, 6.45) is 2.81. The summed E-state index contributed by atoms with van der Waals surface area (Å²) < 4.78 is 26.2. The van der Waals surface area contributed by atoms with Crippen LogP contribution in [-0.2, 0) is 19.6 Å². The van der Waals surface area contributed by atoms with E-state index in [-0.39, 0.29) is 5.91 Å². The molecule has 1 N–H and O–H groups in total. The Bertz CT molecular complexity index is 1020. The van der Waals surface area contributed by atoms with E-state index in [9.17, 15) is 18.0 Å². The molecule has 2 aromatic rings. The molecule has 1 atom stereocenters. The zero-order valence-corrected chi connectivity index (χ0v) is 18.3. The van der Waals surface area contributed by atoms with Crippen LogP contribution in [0.15, 0.2) is 48.5 Å². The van der Waals surface area contributed by atoms with Gasteiger partial charge in [0.25, 0.3) is 0 Å². The van der Waals surface area contributed by atoms with Crippen LogP contribution in [0.25, 0.3) is 0 Å². The Morgan fingerprint density at radius 1 is 1.13 bits per heavy atom. The number of carbonyl (C=O) groups is 2. The van der Waals surface area contributed by atoms with Crippen molar-refractivity contribution in [2.75, 3.05) is 27.3 Å². The van der Waals surface area contributed by atoms with Gasteiger partial charge in [-0.15, -0.1) is 0 Å². The van der Waals surface area contributed by atoms with E-state index in [2.05, 4.69) is 5.32 Å². The number of nitrogens with one attached hydrogen (secondary N) is 1. The Kier molecular flexibility index (Phi) is 6.45. The second-order valence-electron chi connectivity index (χ2n) is 7.50. The summed E-state index contributed by atoms with van der Waals surface area (Å²) in [6, 6.07) is 13.2. The Hall–Kier alpha value is -2.87. The van der Waals surface area contributed by atoms with Crippen LogP contribution >= 0.6 is 0 Å². The Morgan fingerprint density at radius 3 is 2.27 bits per heavy atom. The predicted molar refractivity (Wildman–Crippen MR) is 119 cm³/mol. The van der Waals surface area contributed by atoms with Crippen molar-refractivity contribution in [1.82, 2.24) is 0 Å². The van der Waals surface area contributed by atoms with Gasteiger partial charge in [0.05, 0.1) is 11.9 Å². The Balaban J connectivity index is 1.80. The number of nitrogens with zero attached hydrogens (tertiary/aromatic N) is 2. The van der Waals surface area contributed by atoms with Crippen molar-refractivity contribution in [3.63, 3.8) is 0 Å². The van der Waals surface area contributed by atoms with Crippen molar-refractivity contribution in [3.8, 4) is 0 Å². The number of hydrogen-bond acceptors (Lipinski definition) is 4. The van der Waals surface area contributed by atoms with E-state index in [1.54, 1.807) is 48.2 Å². The minimum Gasteiger partial charge on any atom is -0.324 e. The van der Waals surface area contributed by atoms with E-state index >= 15 is 0 Å². The summed E-state index contributed by atoms with van der Waals surface area (Å²) in [5, 5.41) is 2.81. The van der Waals surface area contributed by atoms with Gasteiger partial charge in [0, 0.05) is 24.3 Å². The highest BCUT2D eigenvalue weighted by Gasteiger charge is 2.31. The number of anilines is 3. The summed E-state index contributed by atoms with van der Waals surface area (Å²) in [5.74, 6) is -0.312.